The van der Waals surface area contributed by atoms with Crippen molar-refractivity contribution in [2.24, 2.45) is 0 Å². The van der Waals surface area contributed by atoms with Crippen LogP contribution in [0, 0.1) is 5.82 Å². The van der Waals surface area contributed by atoms with Crippen molar-refractivity contribution in [2.45, 2.75) is 6.42 Å². The highest BCUT2D eigenvalue weighted by molar-refractivity contribution is 7.09. The third kappa shape index (κ3) is 3.19. The van der Waals surface area contributed by atoms with Crippen LogP contribution in [0.15, 0.2) is 23.8 Å². The van der Waals surface area contributed by atoms with Crippen molar-refractivity contribution in [1.82, 2.24) is 20.3 Å². The number of hydrogen-bond acceptors (Lipinski definition) is 5. The minimum atomic E-state index is -1.09. The molecule has 3 rings (SSSR count). The Morgan fingerprint density at radius 2 is 2.22 bits per heavy atom. The summed E-state index contributed by atoms with van der Waals surface area (Å²) in [6, 6.07) is 2.60. The van der Waals surface area contributed by atoms with Crippen LogP contribution < -0.4 is 5.32 Å². The lowest BCUT2D eigenvalue weighted by Crippen LogP contribution is -2.26. The highest BCUT2D eigenvalue weighted by atomic mass is 32.1. The molecule has 0 bridgehead atoms. The maximum Gasteiger partial charge on any atom is 0.355 e. The van der Waals surface area contributed by atoms with E-state index < -0.39 is 17.7 Å². The Bertz CT molecular complexity index is 889. The predicted octanol–water partition coefficient (Wildman–Crippen LogP) is 1.83. The number of nitrogens with zero attached hydrogens (tertiary/aromatic N) is 2. The number of amides is 1. The van der Waals surface area contributed by atoms with Gasteiger partial charge in [-0.05, 0) is 6.07 Å². The van der Waals surface area contributed by atoms with Gasteiger partial charge in [0.25, 0.3) is 5.91 Å². The summed E-state index contributed by atoms with van der Waals surface area (Å²) in [7, 11) is 0. The standard InChI is InChI=1S/C14H11FN4O3S/c15-8-4-10-9(17-6-18-10)3-7(8)13(20)16-2-1-12-19-11(5-23-12)14(21)22/h3-6H,1-2H2,(H,16,20)(H,17,18)(H,21,22). The lowest BCUT2D eigenvalue weighted by atomic mass is 10.1. The highest BCUT2D eigenvalue weighted by Gasteiger charge is 2.14. The largest absolute Gasteiger partial charge is 0.476 e. The lowest BCUT2D eigenvalue weighted by molar-refractivity contribution is 0.0690. The first-order valence-corrected chi connectivity index (χ1v) is 7.51. The number of halogens is 1. The molecule has 0 aliphatic heterocycles. The number of imidazole rings is 1. The Morgan fingerprint density at radius 1 is 1.39 bits per heavy atom. The predicted molar refractivity (Wildman–Crippen MR) is 81.2 cm³/mol. The van der Waals surface area contributed by atoms with Crippen LogP contribution >= 0.6 is 11.3 Å². The fourth-order valence-electron chi connectivity index (χ4n) is 2.03. The molecule has 1 aromatic carbocycles. The molecule has 0 aliphatic carbocycles. The molecule has 0 saturated heterocycles. The summed E-state index contributed by atoms with van der Waals surface area (Å²) >= 11 is 1.20. The second-order valence-electron chi connectivity index (χ2n) is 4.69. The first kappa shape index (κ1) is 15.1. The number of carbonyl (C=O) groups excluding carboxylic acids is 1. The van der Waals surface area contributed by atoms with E-state index >= 15 is 0 Å². The van der Waals surface area contributed by atoms with E-state index in [9.17, 15) is 14.0 Å². The van der Waals surface area contributed by atoms with E-state index in [0.717, 1.165) is 0 Å². The summed E-state index contributed by atoms with van der Waals surface area (Å²) < 4.78 is 13.9. The monoisotopic (exact) mass is 334 g/mol. The average molecular weight is 334 g/mol. The normalized spacial score (nSPS) is 10.8. The summed E-state index contributed by atoms with van der Waals surface area (Å²) in [5, 5.41) is 13.4. The van der Waals surface area contributed by atoms with Gasteiger partial charge in [0.2, 0.25) is 0 Å². The topological polar surface area (TPSA) is 108 Å². The summed E-state index contributed by atoms with van der Waals surface area (Å²) in [5.74, 6) is -2.28. The molecule has 0 spiro atoms. The van der Waals surface area contributed by atoms with Crippen molar-refractivity contribution in [3.8, 4) is 0 Å². The van der Waals surface area contributed by atoms with E-state index in [1.807, 2.05) is 0 Å². The van der Waals surface area contributed by atoms with Gasteiger partial charge in [-0.3, -0.25) is 4.79 Å². The summed E-state index contributed by atoms with van der Waals surface area (Å²) in [4.78, 5) is 33.4. The van der Waals surface area contributed by atoms with Crippen LogP contribution in [0.1, 0.15) is 25.9 Å². The fourth-order valence-corrected chi connectivity index (χ4v) is 2.80. The number of carboxylic acid groups (broad SMARTS) is 1. The Balaban J connectivity index is 1.63. The molecule has 23 heavy (non-hydrogen) atoms. The van der Waals surface area contributed by atoms with Crippen LogP contribution in [0.3, 0.4) is 0 Å². The Kier molecular flexibility index (Phi) is 4.02. The van der Waals surface area contributed by atoms with E-state index in [1.165, 1.54) is 35.2 Å². The molecule has 3 N–H and O–H groups in total. The van der Waals surface area contributed by atoms with Gasteiger partial charge >= 0.3 is 5.97 Å². The first-order valence-electron chi connectivity index (χ1n) is 6.63. The second kappa shape index (κ2) is 6.13. The van der Waals surface area contributed by atoms with E-state index in [4.69, 9.17) is 5.11 Å². The summed E-state index contributed by atoms with van der Waals surface area (Å²) in [6.07, 6.45) is 1.80. The summed E-state index contributed by atoms with van der Waals surface area (Å²) in [5.41, 5.74) is 0.909. The lowest BCUT2D eigenvalue weighted by Gasteiger charge is -2.05. The molecule has 3 aromatic rings. The molecule has 0 fully saturated rings. The number of rotatable bonds is 5. The van der Waals surface area contributed by atoms with Crippen molar-refractivity contribution in [3.63, 3.8) is 0 Å². The Hall–Kier alpha value is -2.81. The number of aromatic amines is 1. The van der Waals surface area contributed by atoms with Gasteiger partial charge in [-0.1, -0.05) is 0 Å². The fraction of sp³-hybridized carbons (Fsp3) is 0.143. The van der Waals surface area contributed by atoms with Gasteiger partial charge in [-0.25, -0.2) is 19.2 Å². The average Bonchev–Trinajstić information content (AvgIpc) is 3.14. The first-order chi connectivity index (χ1) is 11.0. The molecular formula is C14H11FN4O3S. The van der Waals surface area contributed by atoms with E-state index in [2.05, 4.69) is 20.3 Å². The number of fused-ring (bicyclic) bond motifs is 1. The van der Waals surface area contributed by atoms with Crippen LogP contribution in [-0.4, -0.2) is 38.5 Å². The third-order valence-corrected chi connectivity index (χ3v) is 4.06. The zero-order valence-electron chi connectivity index (χ0n) is 11.7. The maximum absolute atomic E-state index is 13.9. The van der Waals surface area contributed by atoms with Crippen LogP contribution in [-0.2, 0) is 6.42 Å². The molecular weight excluding hydrogens is 323 g/mol. The smallest absolute Gasteiger partial charge is 0.355 e. The van der Waals surface area contributed by atoms with Gasteiger partial charge < -0.3 is 15.4 Å². The number of H-pyrrole nitrogens is 1. The number of aromatic carboxylic acids is 1. The molecule has 2 aromatic heterocycles. The van der Waals surface area contributed by atoms with Crippen molar-refractivity contribution >= 4 is 34.2 Å². The summed E-state index contributed by atoms with van der Waals surface area (Å²) in [6.45, 7) is 0.226. The van der Waals surface area contributed by atoms with E-state index in [0.29, 0.717) is 22.5 Å². The number of hydrogen-bond donors (Lipinski definition) is 3. The van der Waals surface area contributed by atoms with Crippen LogP contribution in [0.2, 0.25) is 0 Å². The third-order valence-electron chi connectivity index (χ3n) is 3.15. The van der Waals surface area contributed by atoms with Gasteiger partial charge in [0.15, 0.2) is 5.69 Å². The van der Waals surface area contributed by atoms with E-state index in [-0.39, 0.29) is 17.8 Å². The number of benzene rings is 1. The maximum atomic E-state index is 13.9. The molecule has 0 unspecified atom stereocenters. The number of aromatic nitrogens is 3. The van der Waals surface area contributed by atoms with Gasteiger partial charge in [-0.15, -0.1) is 11.3 Å². The van der Waals surface area contributed by atoms with Gasteiger partial charge in [0, 0.05) is 24.4 Å². The molecule has 0 aliphatic rings. The zero-order chi connectivity index (χ0) is 16.4. The van der Waals surface area contributed by atoms with E-state index in [1.54, 1.807) is 0 Å². The molecule has 7 nitrogen and oxygen atoms in total. The molecule has 0 atom stereocenters. The number of nitrogens with one attached hydrogen (secondary N) is 2. The molecule has 9 heteroatoms. The minimum Gasteiger partial charge on any atom is -0.476 e. The zero-order valence-corrected chi connectivity index (χ0v) is 12.5. The Labute approximate surface area is 133 Å². The molecule has 1 amide bonds. The number of thiazole rings is 1. The molecule has 118 valence electrons. The molecule has 0 radical (unpaired) electrons. The SMILES string of the molecule is O=C(O)c1csc(CCNC(=O)c2cc3nc[nH]c3cc2F)n1. The van der Waals surface area contributed by atoms with Gasteiger partial charge in [0.1, 0.15) is 5.82 Å². The second-order valence-corrected chi connectivity index (χ2v) is 5.63. The van der Waals surface area contributed by atoms with Crippen LogP contribution in [0.25, 0.3) is 11.0 Å². The van der Waals surface area contributed by atoms with Crippen LogP contribution in [0.4, 0.5) is 4.39 Å². The minimum absolute atomic E-state index is 0.0219. The van der Waals surface area contributed by atoms with Crippen molar-refractivity contribution in [2.75, 3.05) is 6.54 Å². The number of carboxylic acids is 1. The van der Waals surface area contributed by atoms with Crippen molar-refractivity contribution < 1.29 is 19.1 Å². The highest BCUT2D eigenvalue weighted by Crippen LogP contribution is 2.16. The van der Waals surface area contributed by atoms with Crippen molar-refractivity contribution in [3.05, 3.63) is 45.9 Å². The number of carbonyl (C=O) groups is 2. The van der Waals surface area contributed by atoms with Gasteiger partial charge in [0.05, 0.1) is 27.9 Å². The Morgan fingerprint density at radius 3 is 2.96 bits per heavy atom. The van der Waals surface area contributed by atoms with Crippen LogP contribution in [0.5, 0.6) is 0 Å². The molecule has 0 saturated carbocycles. The quantitative estimate of drug-likeness (QED) is 0.660. The molecule has 2 heterocycles. The van der Waals surface area contributed by atoms with Crippen molar-refractivity contribution in [1.29, 1.82) is 0 Å². The van der Waals surface area contributed by atoms with Gasteiger partial charge in [-0.2, -0.15) is 0 Å².